The third kappa shape index (κ3) is 3.59. The Bertz CT molecular complexity index is 567. The van der Waals surface area contributed by atoms with E-state index in [1.165, 1.54) is 10.9 Å². The highest BCUT2D eigenvalue weighted by Gasteiger charge is 2.07. The monoisotopic (exact) mass is 261 g/mol. The maximum Gasteiger partial charge on any atom is 0.358 e. The second-order valence-electron chi connectivity index (χ2n) is 4.12. The molecule has 0 atom stereocenters. The first-order chi connectivity index (χ1) is 9.16. The van der Waals surface area contributed by atoms with Crippen molar-refractivity contribution in [2.24, 2.45) is 0 Å². The number of nitrogens with one attached hydrogen (secondary N) is 1. The number of aromatic carboxylic acids is 1. The Morgan fingerprint density at radius 1 is 1.53 bits per heavy atom. The molecule has 2 heterocycles. The van der Waals surface area contributed by atoms with Crippen LogP contribution in [0.4, 0.5) is 0 Å². The van der Waals surface area contributed by atoms with Gasteiger partial charge in [-0.2, -0.15) is 0 Å². The molecule has 0 saturated carbocycles. The fourth-order valence-corrected chi connectivity index (χ4v) is 1.61. The normalized spacial score (nSPS) is 10.6. The molecule has 0 saturated heterocycles. The maximum atomic E-state index is 10.6. The van der Waals surface area contributed by atoms with Crippen LogP contribution in [-0.2, 0) is 13.1 Å². The van der Waals surface area contributed by atoms with E-state index in [1.807, 2.05) is 19.1 Å². The highest BCUT2D eigenvalue weighted by molar-refractivity contribution is 5.84. The van der Waals surface area contributed by atoms with Crippen LogP contribution in [0, 0.1) is 6.92 Å². The molecule has 0 aliphatic carbocycles. The lowest BCUT2D eigenvalue weighted by atomic mass is 10.2. The summed E-state index contributed by atoms with van der Waals surface area (Å²) in [5.41, 5.74) is 2.11. The molecule has 2 rings (SSSR count). The number of hydrogen-bond donors (Lipinski definition) is 2. The highest BCUT2D eigenvalue weighted by Crippen LogP contribution is 2.01. The van der Waals surface area contributed by atoms with Crippen molar-refractivity contribution in [3.63, 3.8) is 0 Å². The number of carboxylic acids is 1. The summed E-state index contributed by atoms with van der Waals surface area (Å²) in [7, 11) is 0. The SMILES string of the molecule is Cc1cccnc1CNCCn1cc(C(=O)O)nn1. The number of pyridine rings is 1. The first-order valence-electron chi connectivity index (χ1n) is 5.91. The number of carbonyl (C=O) groups is 1. The van der Waals surface area contributed by atoms with Gasteiger partial charge in [-0.3, -0.25) is 9.67 Å². The van der Waals surface area contributed by atoms with Gasteiger partial charge in [-0.15, -0.1) is 5.10 Å². The molecule has 0 aliphatic heterocycles. The molecule has 0 bridgehead atoms. The molecule has 19 heavy (non-hydrogen) atoms. The van der Waals surface area contributed by atoms with Crippen LogP contribution in [0.25, 0.3) is 0 Å². The highest BCUT2D eigenvalue weighted by atomic mass is 16.4. The topological polar surface area (TPSA) is 92.9 Å². The summed E-state index contributed by atoms with van der Waals surface area (Å²) in [5, 5.41) is 19.2. The van der Waals surface area contributed by atoms with Crippen molar-refractivity contribution in [1.82, 2.24) is 25.3 Å². The molecule has 0 unspecified atom stereocenters. The minimum Gasteiger partial charge on any atom is -0.476 e. The third-order valence-corrected chi connectivity index (χ3v) is 2.69. The van der Waals surface area contributed by atoms with E-state index in [9.17, 15) is 4.79 Å². The molecule has 0 radical (unpaired) electrons. The van der Waals surface area contributed by atoms with Gasteiger partial charge in [0.05, 0.1) is 18.4 Å². The Morgan fingerprint density at radius 3 is 3.05 bits per heavy atom. The van der Waals surface area contributed by atoms with E-state index in [-0.39, 0.29) is 5.69 Å². The Balaban J connectivity index is 1.77. The van der Waals surface area contributed by atoms with Gasteiger partial charge in [0.2, 0.25) is 0 Å². The van der Waals surface area contributed by atoms with Crippen molar-refractivity contribution in [1.29, 1.82) is 0 Å². The molecule has 7 heteroatoms. The molecule has 0 aromatic carbocycles. The van der Waals surface area contributed by atoms with Crippen molar-refractivity contribution >= 4 is 5.97 Å². The van der Waals surface area contributed by atoms with E-state index in [1.54, 1.807) is 6.20 Å². The summed E-state index contributed by atoms with van der Waals surface area (Å²) in [4.78, 5) is 14.9. The smallest absolute Gasteiger partial charge is 0.358 e. The van der Waals surface area contributed by atoms with E-state index in [2.05, 4.69) is 20.6 Å². The molecule has 2 aromatic rings. The number of carboxylic acid groups (broad SMARTS) is 1. The quantitative estimate of drug-likeness (QED) is 0.734. The lowest BCUT2D eigenvalue weighted by Gasteiger charge is -2.06. The van der Waals surface area contributed by atoms with E-state index < -0.39 is 5.97 Å². The van der Waals surface area contributed by atoms with Crippen LogP contribution in [0.2, 0.25) is 0 Å². The average molecular weight is 261 g/mol. The maximum absolute atomic E-state index is 10.6. The standard InChI is InChI=1S/C12H15N5O2/c1-9-3-2-4-14-10(9)7-13-5-6-17-8-11(12(18)19)15-16-17/h2-4,8,13H,5-7H2,1H3,(H,18,19). The van der Waals surface area contributed by atoms with Gasteiger partial charge in [-0.1, -0.05) is 11.3 Å². The summed E-state index contributed by atoms with van der Waals surface area (Å²) < 4.78 is 1.50. The van der Waals surface area contributed by atoms with Crippen LogP contribution in [0.1, 0.15) is 21.7 Å². The van der Waals surface area contributed by atoms with Crippen molar-refractivity contribution in [3.8, 4) is 0 Å². The van der Waals surface area contributed by atoms with E-state index in [0.29, 0.717) is 19.6 Å². The van der Waals surface area contributed by atoms with Gasteiger partial charge in [-0.25, -0.2) is 4.79 Å². The van der Waals surface area contributed by atoms with Crippen LogP contribution in [0.15, 0.2) is 24.5 Å². The van der Waals surface area contributed by atoms with Crippen molar-refractivity contribution in [2.75, 3.05) is 6.54 Å². The molecule has 0 aliphatic rings. The van der Waals surface area contributed by atoms with Crippen LogP contribution < -0.4 is 5.32 Å². The van der Waals surface area contributed by atoms with Crippen LogP contribution in [0.5, 0.6) is 0 Å². The summed E-state index contributed by atoms with van der Waals surface area (Å²) in [5.74, 6) is -1.07. The van der Waals surface area contributed by atoms with Crippen LogP contribution >= 0.6 is 0 Å². The average Bonchev–Trinajstić information content (AvgIpc) is 2.85. The molecule has 0 fully saturated rings. The van der Waals surface area contributed by atoms with Gasteiger partial charge in [0.25, 0.3) is 0 Å². The van der Waals surface area contributed by atoms with Crippen molar-refractivity contribution in [3.05, 3.63) is 41.5 Å². The fraction of sp³-hybridized carbons (Fsp3) is 0.333. The summed E-state index contributed by atoms with van der Waals surface area (Å²) >= 11 is 0. The van der Waals surface area contributed by atoms with Gasteiger partial charge in [0.1, 0.15) is 0 Å². The van der Waals surface area contributed by atoms with Gasteiger partial charge in [0.15, 0.2) is 5.69 Å². The first kappa shape index (κ1) is 13.2. The van der Waals surface area contributed by atoms with Gasteiger partial charge >= 0.3 is 5.97 Å². The molecule has 0 spiro atoms. The predicted molar refractivity (Wildman–Crippen MR) is 67.7 cm³/mol. The molecular weight excluding hydrogens is 246 g/mol. The zero-order chi connectivity index (χ0) is 13.7. The number of hydrogen-bond acceptors (Lipinski definition) is 5. The predicted octanol–water partition coefficient (Wildman–Crippen LogP) is 0.470. The summed E-state index contributed by atoms with van der Waals surface area (Å²) in [6.45, 7) is 3.92. The van der Waals surface area contributed by atoms with Crippen molar-refractivity contribution in [2.45, 2.75) is 20.0 Å². The minimum absolute atomic E-state index is 0.0411. The number of aryl methyl sites for hydroxylation is 1. The van der Waals surface area contributed by atoms with Gasteiger partial charge in [0, 0.05) is 19.3 Å². The minimum atomic E-state index is -1.07. The Morgan fingerprint density at radius 2 is 2.37 bits per heavy atom. The number of nitrogens with zero attached hydrogens (tertiary/aromatic N) is 4. The molecule has 100 valence electrons. The second-order valence-corrected chi connectivity index (χ2v) is 4.12. The largest absolute Gasteiger partial charge is 0.476 e. The lowest BCUT2D eigenvalue weighted by Crippen LogP contribution is -2.20. The fourth-order valence-electron chi connectivity index (χ4n) is 1.61. The van der Waals surface area contributed by atoms with Crippen LogP contribution in [0.3, 0.4) is 0 Å². The van der Waals surface area contributed by atoms with Gasteiger partial charge in [-0.05, 0) is 18.6 Å². The van der Waals surface area contributed by atoms with E-state index in [0.717, 1.165) is 11.3 Å². The molecule has 2 aromatic heterocycles. The number of aromatic nitrogens is 4. The van der Waals surface area contributed by atoms with Crippen LogP contribution in [-0.4, -0.2) is 37.6 Å². The van der Waals surface area contributed by atoms with Crippen molar-refractivity contribution < 1.29 is 9.90 Å². The first-order valence-corrected chi connectivity index (χ1v) is 5.91. The third-order valence-electron chi connectivity index (χ3n) is 2.69. The Hall–Kier alpha value is -2.28. The molecule has 7 nitrogen and oxygen atoms in total. The summed E-state index contributed by atoms with van der Waals surface area (Å²) in [6.07, 6.45) is 3.18. The van der Waals surface area contributed by atoms with E-state index >= 15 is 0 Å². The van der Waals surface area contributed by atoms with Gasteiger partial charge < -0.3 is 10.4 Å². The Kier molecular flexibility index (Phi) is 4.19. The molecule has 2 N–H and O–H groups in total. The summed E-state index contributed by atoms with van der Waals surface area (Å²) in [6, 6.07) is 3.92. The Labute approximate surface area is 110 Å². The number of rotatable bonds is 6. The molecule has 0 amide bonds. The zero-order valence-corrected chi connectivity index (χ0v) is 10.6. The second kappa shape index (κ2) is 6.05. The lowest BCUT2D eigenvalue weighted by molar-refractivity contribution is 0.0690. The molecular formula is C12H15N5O2. The van der Waals surface area contributed by atoms with E-state index in [4.69, 9.17) is 5.11 Å². The zero-order valence-electron chi connectivity index (χ0n) is 10.6.